The van der Waals surface area contributed by atoms with E-state index in [0.717, 1.165) is 71.9 Å². The number of hydrogen-bond acceptors (Lipinski definition) is 10. The maximum atomic E-state index is 13.2. The summed E-state index contributed by atoms with van der Waals surface area (Å²) in [6.07, 6.45) is 11.6. The van der Waals surface area contributed by atoms with Crippen LogP contribution in [0.1, 0.15) is 65.7 Å². The number of nitrogens with zero attached hydrogens (tertiary/aromatic N) is 5. The molecule has 0 spiro atoms. The molecule has 2 aliphatic carbocycles. The van der Waals surface area contributed by atoms with Crippen LogP contribution in [0.25, 0.3) is 32.9 Å². The first-order chi connectivity index (χ1) is 28.3. The molecule has 5 aliphatic rings. The first-order valence-electron chi connectivity index (χ1n) is 20.5. The van der Waals surface area contributed by atoms with Gasteiger partial charge in [-0.05, 0) is 98.2 Å². The van der Waals surface area contributed by atoms with Gasteiger partial charge in [0.05, 0.1) is 22.7 Å². The molecule has 0 bridgehead atoms. The van der Waals surface area contributed by atoms with E-state index >= 15 is 0 Å². The van der Waals surface area contributed by atoms with Crippen LogP contribution < -0.4 is 15.0 Å². The van der Waals surface area contributed by atoms with E-state index in [1.54, 1.807) is 12.1 Å². The fourth-order valence-corrected chi connectivity index (χ4v) is 9.32. The van der Waals surface area contributed by atoms with Crippen molar-refractivity contribution in [3.8, 4) is 17.0 Å². The summed E-state index contributed by atoms with van der Waals surface area (Å²) in [5, 5.41) is 4.60. The molecule has 2 saturated heterocycles. The lowest BCUT2D eigenvalue weighted by Gasteiger charge is -2.40. The number of nitrogens with one attached hydrogen (secondary N) is 1. The van der Waals surface area contributed by atoms with Gasteiger partial charge >= 0.3 is 0 Å². The molecule has 4 fully saturated rings. The van der Waals surface area contributed by atoms with E-state index in [9.17, 15) is 19.2 Å². The number of ether oxygens (including phenoxy) is 3. The predicted octanol–water partition coefficient (Wildman–Crippen LogP) is 5.69. The van der Waals surface area contributed by atoms with Crippen molar-refractivity contribution in [3.63, 3.8) is 0 Å². The van der Waals surface area contributed by atoms with Gasteiger partial charge in [0.15, 0.2) is 0 Å². The second kappa shape index (κ2) is 14.9. The maximum Gasteiger partial charge on any atom is 0.262 e. The Labute approximate surface area is 335 Å². The predicted molar refractivity (Wildman–Crippen MR) is 215 cm³/mol. The average Bonchev–Trinajstić information content (AvgIpc) is 3.85. The fourth-order valence-electron chi connectivity index (χ4n) is 9.32. The van der Waals surface area contributed by atoms with Crippen molar-refractivity contribution in [1.82, 2.24) is 24.8 Å². The van der Waals surface area contributed by atoms with Crippen molar-refractivity contribution in [2.75, 3.05) is 37.8 Å². The molecular formula is C45H46N6O7. The number of hydrogen-bond donors (Lipinski definition) is 1. The summed E-state index contributed by atoms with van der Waals surface area (Å²) in [6, 6.07) is 16.9. The Kier molecular flexibility index (Phi) is 9.44. The lowest BCUT2D eigenvalue weighted by atomic mass is 9.78. The smallest absolute Gasteiger partial charge is 0.262 e. The molecule has 58 heavy (non-hydrogen) atoms. The van der Waals surface area contributed by atoms with Crippen LogP contribution in [-0.4, -0.2) is 94.2 Å². The van der Waals surface area contributed by atoms with Gasteiger partial charge in [-0.15, -0.1) is 0 Å². The number of amides is 4. The molecule has 6 heterocycles. The van der Waals surface area contributed by atoms with Crippen molar-refractivity contribution in [3.05, 3.63) is 84.3 Å². The lowest BCUT2D eigenvalue weighted by Crippen LogP contribution is -2.54. The third-order valence-electron chi connectivity index (χ3n) is 12.9. The number of carbonyl (C=O) groups excluding carboxylic acids is 4. The number of pyridine rings is 2. The summed E-state index contributed by atoms with van der Waals surface area (Å²) in [5.41, 5.74) is 5.97. The highest BCUT2D eigenvalue weighted by Gasteiger charge is 2.49. The van der Waals surface area contributed by atoms with E-state index in [1.165, 1.54) is 22.8 Å². The molecule has 2 aromatic carbocycles. The van der Waals surface area contributed by atoms with Gasteiger partial charge in [0, 0.05) is 98.6 Å². The number of rotatable bonds is 14. The first-order valence-corrected chi connectivity index (χ1v) is 20.5. The molecular weight excluding hydrogens is 737 g/mol. The van der Waals surface area contributed by atoms with E-state index in [2.05, 4.69) is 62.1 Å². The molecule has 0 radical (unpaired) electrons. The third kappa shape index (κ3) is 6.79. The highest BCUT2D eigenvalue weighted by molar-refractivity contribution is 6.23. The van der Waals surface area contributed by atoms with Crippen LogP contribution in [0.2, 0.25) is 0 Å². The first kappa shape index (κ1) is 36.7. The topological polar surface area (TPSA) is 145 Å². The number of unbranched alkanes of at least 4 members (excludes halogenated alkanes) is 1. The lowest BCUT2D eigenvalue weighted by molar-refractivity contribution is -0.136. The Hall–Kier alpha value is -5.66. The van der Waals surface area contributed by atoms with Crippen LogP contribution in [0.5, 0.6) is 5.88 Å². The zero-order chi connectivity index (χ0) is 39.5. The Morgan fingerprint density at radius 3 is 2.47 bits per heavy atom. The van der Waals surface area contributed by atoms with Crippen LogP contribution in [0.15, 0.2) is 73.2 Å². The molecule has 13 heteroatoms. The van der Waals surface area contributed by atoms with E-state index < -0.39 is 29.7 Å². The molecule has 4 amide bonds. The molecule has 5 aromatic rings. The van der Waals surface area contributed by atoms with Crippen molar-refractivity contribution in [1.29, 1.82) is 0 Å². The van der Waals surface area contributed by atoms with E-state index in [4.69, 9.17) is 14.2 Å². The minimum absolute atomic E-state index is 0.0958. The molecule has 298 valence electrons. The van der Waals surface area contributed by atoms with Crippen LogP contribution in [-0.2, 0) is 26.1 Å². The van der Waals surface area contributed by atoms with Gasteiger partial charge in [0.2, 0.25) is 17.7 Å². The van der Waals surface area contributed by atoms with Crippen LogP contribution in [0.3, 0.4) is 0 Å². The second-order valence-electron chi connectivity index (χ2n) is 16.6. The number of piperidine rings is 1. The largest absolute Gasteiger partial charge is 0.474 e. The second-order valence-corrected chi connectivity index (χ2v) is 16.6. The Balaban J connectivity index is 0.592. The number of anilines is 1. The molecule has 3 aromatic heterocycles. The quantitative estimate of drug-likeness (QED) is 0.110. The normalized spacial score (nSPS) is 24.3. The van der Waals surface area contributed by atoms with E-state index in [0.29, 0.717) is 43.0 Å². The summed E-state index contributed by atoms with van der Waals surface area (Å²) < 4.78 is 20.6. The third-order valence-corrected chi connectivity index (χ3v) is 12.9. The summed E-state index contributed by atoms with van der Waals surface area (Å²) in [6.45, 7) is 3.65. The Morgan fingerprint density at radius 2 is 1.64 bits per heavy atom. The van der Waals surface area contributed by atoms with Crippen molar-refractivity contribution in [2.24, 2.45) is 24.8 Å². The summed E-state index contributed by atoms with van der Waals surface area (Å²) in [7, 11) is 2.10. The van der Waals surface area contributed by atoms with Gasteiger partial charge in [0.25, 0.3) is 11.8 Å². The number of carbonyl (C=O) groups is 4. The maximum absolute atomic E-state index is 13.2. The average molecular weight is 783 g/mol. The summed E-state index contributed by atoms with van der Waals surface area (Å²) in [4.78, 5) is 62.1. The molecule has 3 atom stereocenters. The highest BCUT2D eigenvalue weighted by Crippen LogP contribution is 2.52. The monoisotopic (exact) mass is 782 g/mol. The standard InChI is InChI=1S/C45H46N6O7/c1-49-38-12-13-46-22-37(38)33-7-4-26(19-40(33)49)27-5-11-42(47-21-27)58-31-16-28(17-31)35-18-29(35)25-56-14-2-3-15-57-32-23-50(24-32)30-6-8-34-36(20-30)45(55)51(44(34)54)39-9-10-41(52)48-43(39)53/h4-8,11-13,19-22,28-29,31-32,35,39H,2-3,9-10,14-18,23-25H2,1H3,(H,48,52,53)/t28?,29-,31?,35+,39?/m0/s1. The minimum atomic E-state index is -0.966. The van der Waals surface area contributed by atoms with E-state index in [1.807, 2.05) is 30.7 Å². The van der Waals surface area contributed by atoms with Crippen LogP contribution in [0.4, 0.5) is 5.69 Å². The molecule has 3 aliphatic heterocycles. The zero-order valence-electron chi connectivity index (χ0n) is 32.5. The van der Waals surface area contributed by atoms with Gasteiger partial charge in [0.1, 0.15) is 12.1 Å². The molecule has 10 rings (SSSR count). The van der Waals surface area contributed by atoms with Gasteiger partial charge < -0.3 is 23.7 Å². The van der Waals surface area contributed by atoms with Crippen molar-refractivity contribution < 1.29 is 33.4 Å². The molecule has 1 unspecified atom stereocenters. The van der Waals surface area contributed by atoms with Crippen molar-refractivity contribution in [2.45, 2.75) is 63.2 Å². The Bertz CT molecular complexity index is 2440. The molecule has 2 saturated carbocycles. The fraction of sp³-hybridized carbons (Fsp3) is 0.422. The molecule has 1 N–H and O–H groups in total. The van der Waals surface area contributed by atoms with Crippen LogP contribution in [0, 0.1) is 17.8 Å². The van der Waals surface area contributed by atoms with E-state index in [-0.39, 0.29) is 30.6 Å². The SMILES string of the molecule is Cn1c2ccncc2c2ccc(-c3ccc(OC4CC([C@H]5C[C@H]5COCCCCOC5CN(c6ccc7c(c6)C(=O)N(C6CCC(=O)NC6=O)C7=O)C5)C4)nc3)cc21. The highest BCUT2D eigenvalue weighted by atomic mass is 16.5. The summed E-state index contributed by atoms with van der Waals surface area (Å²) in [5.74, 6) is 0.818. The van der Waals surface area contributed by atoms with Gasteiger partial charge in [-0.1, -0.05) is 12.1 Å². The van der Waals surface area contributed by atoms with Gasteiger partial charge in [-0.25, -0.2) is 4.98 Å². The van der Waals surface area contributed by atoms with Gasteiger partial charge in [-0.3, -0.25) is 34.4 Å². The minimum Gasteiger partial charge on any atom is -0.474 e. The van der Waals surface area contributed by atoms with Crippen LogP contribution >= 0.6 is 0 Å². The Morgan fingerprint density at radius 1 is 0.810 bits per heavy atom. The number of aryl methyl sites for hydroxylation is 1. The number of benzene rings is 2. The summed E-state index contributed by atoms with van der Waals surface area (Å²) >= 11 is 0. The molecule has 13 nitrogen and oxygen atoms in total. The zero-order valence-corrected chi connectivity index (χ0v) is 32.5. The van der Waals surface area contributed by atoms with Gasteiger partial charge in [-0.2, -0.15) is 0 Å². The number of imide groups is 2. The number of aromatic nitrogens is 3. The van der Waals surface area contributed by atoms with Crippen molar-refractivity contribution >= 4 is 51.1 Å². The number of fused-ring (bicyclic) bond motifs is 4.